The zero-order chi connectivity index (χ0) is 71.1. The molecule has 99 heavy (non-hydrogen) atoms. The average Bonchev–Trinajstić information content (AvgIpc) is 1.65. The summed E-state index contributed by atoms with van der Waals surface area (Å²) in [5.41, 5.74) is 17.9. The van der Waals surface area contributed by atoms with Crippen molar-refractivity contribution in [3.8, 4) is 0 Å². The van der Waals surface area contributed by atoms with Crippen molar-refractivity contribution in [3.05, 3.63) is 107 Å². The van der Waals surface area contributed by atoms with Gasteiger partial charge in [0.2, 0.25) is 0 Å². The standard InChI is InChI=1S/C33H49NO2.C30H45NO2.C23H37NO2.C2H4O2/c1-20(2)23-11-9-22(10-12-23)19-34-24-14-16-33(7)26-15-17-32(6)21(3)8-13-25(32)28(26)30-29(27(33)18-24)35-31(4,5)36-30;1-18(2)21-9-7-20(8-10-21)17-31-22-12-14-30(5)24-13-15-29(4)19(3)6-11-23(29)26(24)28(33)27(32)25(30)16-22;1-13-6-7-15-18-16(9-11-22(13,15)4)23(5)10-8-14(24)12-17(23)19-20(18)26-21(2,3)25-19;1-2(3)4/h9-12,20,24-30,34H,3,8,13-19H2,1-2,4-7H3;7-10,18,22-28,31-33H,3,6,11-17H2,1-2,4-5H3;14-20H,1,6-12,24H2,2-5H3;1H3,(H,3,4)/t24-,25?,26?,27?,28?,29-,30-,32-,33-;22-,23?,24?,25?,26?,27-,28-,29-,30-;14-,15?,16?,17?,18?,19-,20-,22-,23-;/m111./s1. The monoisotopic (exact) mass is 1360 g/mol. The number of carbonyl (C=O) groups is 1. The molecule has 12 aliphatic carbocycles. The average molecular weight is 1360 g/mol. The Balaban J connectivity index is 0.000000131. The van der Waals surface area contributed by atoms with Crippen LogP contribution in [0, 0.1) is 104 Å². The molecule has 16 rings (SSSR count). The van der Waals surface area contributed by atoms with Crippen LogP contribution in [0.2, 0.25) is 0 Å². The molecular formula is C88H135N3O8. The van der Waals surface area contributed by atoms with E-state index in [4.69, 9.17) is 34.6 Å². The molecule has 2 heterocycles. The van der Waals surface area contributed by atoms with Crippen molar-refractivity contribution in [2.75, 3.05) is 0 Å². The van der Waals surface area contributed by atoms with Crippen LogP contribution in [0.1, 0.15) is 273 Å². The maximum atomic E-state index is 11.4. The second kappa shape index (κ2) is 27.3. The third-order valence-corrected chi connectivity index (χ3v) is 32.2. The van der Waals surface area contributed by atoms with Crippen molar-refractivity contribution in [1.82, 2.24) is 10.6 Å². The van der Waals surface area contributed by atoms with Crippen molar-refractivity contribution >= 4 is 5.97 Å². The topological polar surface area (TPSA) is 165 Å². The first kappa shape index (κ1) is 74.1. The molecule has 27 atom stereocenters. The first-order chi connectivity index (χ1) is 46.6. The largest absolute Gasteiger partial charge is 0.481 e. The number of nitrogens with one attached hydrogen (secondary N) is 2. The number of nitrogens with two attached hydrogens (primary N) is 1. The highest BCUT2D eigenvalue weighted by Crippen LogP contribution is 2.72. The lowest BCUT2D eigenvalue weighted by Gasteiger charge is -2.63. The molecule has 14 fully saturated rings. The normalized spacial score (nSPS) is 46.9. The van der Waals surface area contributed by atoms with E-state index in [9.17, 15) is 10.2 Å². The van der Waals surface area contributed by atoms with Crippen molar-refractivity contribution < 1.29 is 39.1 Å². The molecule has 2 aliphatic heterocycles. The molecule has 0 aromatic heterocycles. The smallest absolute Gasteiger partial charge is 0.300 e. The minimum Gasteiger partial charge on any atom is -0.481 e. The number of hydrogen-bond donors (Lipinski definition) is 6. The molecule has 0 radical (unpaired) electrons. The lowest BCUT2D eigenvalue weighted by Crippen LogP contribution is -2.64. The second-order valence-corrected chi connectivity index (χ2v) is 38.7. The third-order valence-electron chi connectivity index (χ3n) is 32.2. The van der Waals surface area contributed by atoms with Gasteiger partial charge in [-0.05, 0) is 300 Å². The van der Waals surface area contributed by atoms with Gasteiger partial charge in [0, 0.05) is 38.1 Å². The van der Waals surface area contributed by atoms with Crippen molar-refractivity contribution in [3.63, 3.8) is 0 Å². The Hall–Kier alpha value is -3.23. The van der Waals surface area contributed by atoms with E-state index in [-0.39, 0.29) is 47.1 Å². The Kier molecular flexibility index (Phi) is 20.4. The molecule has 2 aromatic carbocycles. The van der Waals surface area contributed by atoms with Crippen molar-refractivity contribution in [2.45, 2.75) is 330 Å². The van der Waals surface area contributed by atoms with Gasteiger partial charge in [-0.3, -0.25) is 4.79 Å². The highest BCUT2D eigenvalue weighted by Gasteiger charge is 2.71. The van der Waals surface area contributed by atoms with Gasteiger partial charge in [0.1, 0.15) is 0 Å². The van der Waals surface area contributed by atoms with Crippen LogP contribution < -0.4 is 16.4 Å². The maximum absolute atomic E-state index is 11.4. The summed E-state index contributed by atoms with van der Waals surface area (Å²) in [5, 5.41) is 38.0. The van der Waals surface area contributed by atoms with Gasteiger partial charge in [-0.25, -0.2) is 0 Å². The fourth-order valence-electron chi connectivity index (χ4n) is 26.3. The molecule has 0 amide bonds. The number of allylic oxidation sites excluding steroid dienone is 3. The summed E-state index contributed by atoms with van der Waals surface area (Å²) in [4.78, 5) is 9.00. The van der Waals surface area contributed by atoms with E-state index >= 15 is 0 Å². The molecule has 0 spiro atoms. The number of aliphatic carboxylic acids is 1. The Morgan fingerprint density at radius 1 is 0.455 bits per heavy atom. The molecule has 12 unspecified atom stereocenters. The maximum Gasteiger partial charge on any atom is 0.300 e. The molecule has 11 nitrogen and oxygen atoms in total. The minimum absolute atomic E-state index is 0.131. The van der Waals surface area contributed by atoms with Crippen LogP contribution in [0.4, 0.5) is 0 Å². The molecule has 11 heteroatoms. The number of aliphatic hydroxyl groups excluding tert-OH is 2. The number of rotatable bonds is 8. The molecule has 14 aliphatic rings. The number of carboxylic acids is 1. The highest BCUT2D eigenvalue weighted by atomic mass is 16.8. The lowest BCUT2D eigenvalue weighted by atomic mass is 9.43. The summed E-state index contributed by atoms with van der Waals surface area (Å²) < 4.78 is 26.9. The van der Waals surface area contributed by atoms with Crippen LogP contribution in [-0.2, 0) is 36.8 Å². The molecular weight excluding hydrogens is 1230 g/mol. The number of ether oxygens (including phenoxy) is 4. The summed E-state index contributed by atoms with van der Waals surface area (Å²) >= 11 is 0. The molecule has 7 N–H and O–H groups in total. The number of carboxylic acid groups (broad SMARTS) is 1. The van der Waals surface area contributed by atoms with Crippen LogP contribution in [0.5, 0.6) is 0 Å². The summed E-state index contributed by atoms with van der Waals surface area (Å²) in [6, 6.07) is 19.5. The van der Waals surface area contributed by atoms with E-state index in [1.54, 1.807) is 0 Å². The van der Waals surface area contributed by atoms with E-state index in [1.807, 2.05) is 0 Å². The number of hydrogen-bond acceptors (Lipinski definition) is 10. The summed E-state index contributed by atoms with van der Waals surface area (Å²) in [6.07, 6.45) is 25.2. The zero-order valence-electron chi connectivity index (χ0n) is 64.2. The fraction of sp³-hybridized carbons (Fsp3) is 0.784. The van der Waals surface area contributed by atoms with Crippen LogP contribution in [-0.4, -0.2) is 87.6 Å². The zero-order valence-corrected chi connectivity index (χ0v) is 64.2. The van der Waals surface area contributed by atoms with Crippen molar-refractivity contribution in [1.29, 1.82) is 0 Å². The van der Waals surface area contributed by atoms with E-state index in [0.717, 1.165) is 70.4 Å². The van der Waals surface area contributed by atoms with Crippen LogP contribution >= 0.6 is 0 Å². The van der Waals surface area contributed by atoms with Gasteiger partial charge in [0.25, 0.3) is 5.97 Å². The lowest BCUT2D eigenvalue weighted by molar-refractivity contribution is -0.211. The van der Waals surface area contributed by atoms with Crippen LogP contribution in [0.15, 0.2) is 85.0 Å². The summed E-state index contributed by atoms with van der Waals surface area (Å²) in [5.74, 6) is 6.04. The Labute approximate surface area is 599 Å². The SMILES string of the molecule is C=C1CCC2C3C(CC[C@]12C)[C@@]1(C)CC[C@@H](N)CC1[C@H]1OC(C)(C)O[C@H]31.C=C1CCC2C3C(CC[C@]12C)[C@@]1(C)CC[C@@H](NCc2ccc(C(C)C)cc2)CC1[C@@H](O)[C@@H]3O.C=C1CCC2C3C(CC[C@]12C)[C@@]1(C)CC[C@@H](NCc2ccc(C(C)C)cc2)CC1[C@H]1OC(C)(C)O[C@H]31.CC(=O)O. The fourth-order valence-corrected chi connectivity index (χ4v) is 26.3. The van der Waals surface area contributed by atoms with Gasteiger partial charge in [0.05, 0.1) is 36.6 Å². The Morgan fingerprint density at radius 3 is 1.18 bits per heavy atom. The highest BCUT2D eigenvalue weighted by molar-refractivity contribution is 5.63. The summed E-state index contributed by atoms with van der Waals surface area (Å²) in [7, 11) is 0. The first-order valence-corrected chi connectivity index (χ1v) is 40.3. The number of benzene rings is 2. The van der Waals surface area contributed by atoms with E-state index in [0.29, 0.717) is 99.0 Å². The molecule has 2 aromatic rings. The van der Waals surface area contributed by atoms with E-state index in [2.05, 4.69) is 176 Å². The predicted octanol–water partition coefficient (Wildman–Crippen LogP) is 18.2. The van der Waals surface area contributed by atoms with Crippen LogP contribution in [0.25, 0.3) is 0 Å². The van der Waals surface area contributed by atoms with Crippen LogP contribution in [0.3, 0.4) is 0 Å². The van der Waals surface area contributed by atoms with Gasteiger partial charge >= 0.3 is 0 Å². The van der Waals surface area contributed by atoms with E-state index in [1.165, 1.54) is 135 Å². The van der Waals surface area contributed by atoms with Gasteiger partial charge < -0.3 is 50.6 Å². The Bertz CT molecular complexity index is 3260. The third kappa shape index (κ3) is 13.1. The number of aliphatic hydroxyl groups is 2. The molecule has 2 saturated heterocycles. The second-order valence-electron chi connectivity index (χ2n) is 38.7. The molecule has 12 saturated carbocycles. The van der Waals surface area contributed by atoms with Gasteiger partial charge in [-0.2, -0.15) is 0 Å². The van der Waals surface area contributed by atoms with Gasteiger partial charge in [0.15, 0.2) is 11.6 Å². The van der Waals surface area contributed by atoms with Crippen molar-refractivity contribution in [2.24, 2.45) is 109 Å². The molecule has 0 bridgehead atoms. The predicted molar refractivity (Wildman–Crippen MR) is 398 cm³/mol. The van der Waals surface area contributed by atoms with E-state index < -0.39 is 29.8 Å². The summed E-state index contributed by atoms with van der Waals surface area (Å²) in [6.45, 7) is 48.9. The quantitative estimate of drug-likeness (QED) is 0.139. The minimum atomic E-state index is -0.833. The van der Waals surface area contributed by atoms with Gasteiger partial charge in [-0.1, -0.05) is 154 Å². The first-order valence-electron chi connectivity index (χ1n) is 40.3. The van der Waals surface area contributed by atoms with Gasteiger partial charge in [-0.15, -0.1) is 0 Å². The Morgan fingerprint density at radius 2 is 0.788 bits per heavy atom. The molecule has 550 valence electrons. The number of fused-ring (bicyclic) bond motifs is 21.